The van der Waals surface area contributed by atoms with Crippen molar-refractivity contribution in [2.45, 2.75) is 76.2 Å². The molecule has 0 radical (unpaired) electrons. The summed E-state index contributed by atoms with van der Waals surface area (Å²) in [5, 5.41) is 10.8. The van der Waals surface area contributed by atoms with Crippen LogP contribution in [0.1, 0.15) is 56.6 Å². The number of fused-ring (bicyclic) bond motifs is 2. The molecule has 36 heavy (non-hydrogen) atoms. The number of hydrogen-bond acceptors (Lipinski definition) is 9. The lowest BCUT2D eigenvalue weighted by Gasteiger charge is -2.38. The van der Waals surface area contributed by atoms with Gasteiger partial charge in [0, 0.05) is 31.1 Å². The molecule has 2 aromatic rings. The number of nitrogens with one attached hydrogen (secondary N) is 2. The van der Waals surface area contributed by atoms with Crippen LogP contribution in [-0.2, 0) is 16.3 Å². The standard InChI is InChI=1S/C24H28FN5O3.O2S/c1-14-3-6-20(19(25)9-14)29-21-18(12-26)22(28-13-27-21)32-17-10-15-4-5-16(11-17)30(15)23(31)33-24(2)7-8-24;1-3-2/h3,6,9,12-13,15-17,26H,4-5,7-8,10-11H2,1-2H3,(H,27,28,29);. The van der Waals surface area contributed by atoms with E-state index < -0.39 is 17.4 Å². The fraction of sp³-hybridized carbons (Fsp3) is 0.500. The number of carbonyl (C=O) groups excluding carboxylic acids is 1. The molecule has 1 amide bonds. The number of rotatable bonds is 6. The topological polar surface area (TPSA) is 135 Å². The van der Waals surface area contributed by atoms with Crippen molar-refractivity contribution >= 4 is 35.4 Å². The van der Waals surface area contributed by atoms with E-state index >= 15 is 0 Å². The summed E-state index contributed by atoms with van der Waals surface area (Å²) in [7, 11) is 0. The molecule has 2 atom stereocenters. The first-order valence-corrected chi connectivity index (χ1v) is 12.4. The number of ether oxygens (including phenoxy) is 2. The van der Waals surface area contributed by atoms with Crippen molar-refractivity contribution in [1.82, 2.24) is 14.9 Å². The number of amides is 1. The Morgan fingerprint density at radius 3 is 2.50 bits per heavy atom. The Hall–Kier alpha value is -3.41. The van der Waals surface area contributed by atoms with Gasteiger partial charge in [-0.3, -0.25) is 0 Å². The largest absolute Gasteiger partial charge is 0.474 e. The number of benzene rings is 1. The molecule has 2 saturated heterocycles. The normalized spacial score (nSPS) is 23.1. The number of halogens is 1. The third kappa shape index (κ3) is 5.69. The van der Waals surface area contributed by atoms with Gasteiger partial charge in [-0.15, -0.1) is 0 Å². The molecule has 2 aliphatic heterocycles. The highest BCUT2D eigenvalue weighted by atomic mass is 32.1. The van der Waals surface area contributed by atoms with Crippen LogP contribution in [0, 0.1) is 18.2 Å². The van der Waals surface area contributed by atoms with E-state index in [0.29, 0.717) is 24.2 Å². The lowest BCUT2D eigenvalue weighted by Crippen LogP contribution is -2.50. The number of carbonyl (C=O) groups is 1. The van der Waals surface area contributed by atoms with Crippen LogP contribution in [0.4, 0.5) is 20.7 Å². The molecule has 3 aliphatic rings. The third-order valence-electron chi connectivity index (χ3n) is 6.84. The number of anilines is 2. The maximum absolute atomic E-state index is 14.3. The molecule has 10 nitrogen and oxygen atoms in total. The predicted octanol–water partition coefficient (Wildman–Crippen LogP) is 4.06. The Balaban J connectivity index is 0.000000967. The fourth-order valence-electron chi connectivity index (χ4n) is 4.77. The lowest BCUT2D eigenvalue weighted by atomic mass is 10.0. The van der Waals surface area contributed by atoms with Crippen LogP contribution in [0.15, 0.2) is 24.5 Å². The van der Waals surface area contributed by atoms with Gasteiger partial charge in [-0.1, -0.05) is 6.07 Å². The molecule has 5 rings (SSSR count). The highest BCUT2D eigenvalue weighted by Gasteiger charge is 2.49. The molecule has 12 heteroatoms. The Morgan fingerprint density at radius 1 is 1.25 bits per heavy atom. The molecule has 1 saturated carbocycles. The average molecular weight is 518 g/mol. The number of nitrogens with zero attached hydrogens (tertiary/aromatic N) is 3. The van der Waals surface area contributed by atoms with E-state index in [1.54, 1.807) is 12.1 Å². The van der Waals surface area contributed by atoms with Gasteiger partial charge in [0.15, 0.2) is 0 Å². The van der Waals surface area contributed by atoms with Gasteiger partial charge in [-0.2, -0.15) is 8.42 Å². The van der Waals surface area contributed by atoms with E-state index in [4.69, 9.17) is 23.3 Å². The van der Waals surface area contributed by atoms with E-state index in [0.717, 1.165) is 37.5 Å². The Labute approximate surface area is 211 Å². The lowest BCUT2D eigenvalue weighted by molar-refractivity contribution is 0.0116. The monoisotopic (exact) mass is 517 g/mol. The van der Waals surface area contributed by atoms with Gasteiger partial charge in [0.25, 0.3) is 0 Å². The molecule has 1 aromatic carbocycles. The molecule has 0 spiro atoms. The smallest absolute Gasteiger partial charge is 0.410 e. The summed E-state index contributed by atoms with van der Waals surface area (Å²) < 4.78 is 42.8. The molecule has 3 fully saturated rings. The zero-order valence-electron chi connectivity index (χ0n) is 20.0. The molecule has 2 bridgehead atoms. The SMILES string of the molecule is Cc1ccc(Nc2ncnc(OC3CC4CCC(C3)N4C(=O)OC3(C)CC3)c2C=N)c(F)c1.O=S=O. The summed E-state index contributed by atoms with van der Waals surface area (Å²) in [6.45, 7) is 3.79. The molecule has 2 unspecified atom stereocenters. The number of aryl methyl sites for hydroxylation is 1. The summed E-state index contributed by atoms with van der Waals surface area (Å²) >= 11 is -0.750. The minimum Gasteiger partial charge on any atom is -0.474 e. The van der Waals surface area contributed by atoms with Crippen LogP contribution in [0.5, 0.6) is 5.88 Å². The molecular formula is C24H28FN5O5S. The van der Waals surface area contributed by atoms with Crippen molar-refractivity contribution in [2.75, 3.05) is 5.32 Å². The van der Waals surface area contributed by atoms with Crippen LogP contribution in [0.3, 0.4) is 0 Å². The van der Waals surface area contributed by atoms with Crippen molar-refractivity contribution < 1.29 is 27.1 Å². The first-order chi connectivity index (χ1) is 17.3. The van der Waals surface area contributed by atoms with Crippen LogP contribution in [0.25, 0.3) is 0 Å². The van der Waals surface area contributed by atoms with E-state index in [-0.39, 0.29) is 41.4 Å². The summed E-state index contributed by atoms with van der Waals surface area (Å²) in [4.78, 5) is 23.0. The Morgan fingerprint density at radius 2 is 1.92 bits per heavy atom. The van der Waals surface area contributed by atoms with E-state index in [1.165, 1.54) is 12.4 Å². The van der Waals surface area contributed by atoms with Crippen LogP contribution in [0.2, 0.25) is 0 Å². The molecule has 2 N–H and O–H groups in total. The van der Waals surface area contributed by atoms with Crippen LogP contribution in [-0.4, -0.2) is 59.4 Å². The summed E-state index contributed by atoms with van der Waals surface area (Å²) in [5.74, 6) is 0.184. The predicted molar refractivity (Wildman–Crippen MR) is 130 cm³/mol. The maximum atomic E-state index is 14.3. The number of aromatic nitrogens is 2. The second-order valence-electron chi connectivity index (χ2n) is 9.58. The van der Waals surface area contributed by atoms with Crippen LogP contribution < -0.4 is 10.1 Å². The average Bonchev–Trinajstić information content (AvgIpc) is 3.48. The third-order valence-corrected chi connectivity index (χ3v) is 6.84. The highest BCUT2D eigenvalue weighted by Crippen LogP contribution is 2.43. The van der Waals surface area contributed by atoms with Crippen LogP contribution >= 0.6 is 0 Å². The van der Waals surface area contributed by atoms with Gasteiger partial charge < -0.3 is 25.1 Å². The zero-order chi connectivity index (χ0) is 25.9. The second kappa shape index (κ2) is 10.7. The van der Waals surface area contributed by atoms with Crippen molar-refractivity contribution in [1.29, 1.82) is 5.41 Å². The minimum atomic E-state index is -0.750. The van der Waals surface area contributed by atoms with Crippen molar-refractivity contribution in [3.05, 3.63) is 41.5 Å². The summed E-state index contributed by atoms with van der Waals surface area (Å²) in [6, 6.07) is 5.02. The number of piperidine rings is 1. The molecule has 192 valence electrons. The van der Waals surface area contributed by atoms with Gasteiger partial charge in [0.1, 0.15) is 29.7 Å². The van der Waals surface area contributed by atoms with Crippen molar-refractivity contribution in [3.8, 4) is 5.88 Å². The second-order valence-corrected chi connectivity index (χ2v) is 9.72. The van der Waals surface area contributed by atoms with Gasteiger partial charge in [0.05, 0.1) is 11.3 Å². The minimum absolute atomic E-state index is 0.0770. The quantitative estimate of drug-likeness (QED) is 0.548. The number of hydrogen-bond donors (Lipinski definition) is 2. The first kappa shape index (κ1) is 25.7. The van der Waals surface area contributed by atoms with E-state index in [1.807, 2.05) is 18.7 Å². The van der Waals surface area contributed by atoms with Crippen molar-refractivity contribution in [3.63, 3.8) is 0 Å². The van der Waals surface area contributed by atoms with Gasteiger partial charge >= 0.3 is 17.7 Å². The zero-order valence-corrected chi connectivity index (χ0v) is 20.8. The highest BCUT2D eigenvalue weighted by molar-refractivity contribution is 7.51. The van der Waals surface area contributed by atoms with E-state index in [2.05, 4.69) is 15.3 Å². The molecular weight excluding hydrogens is 489 g/mol. The maximum Gasteiger partial charge on any atom is 0.410 e. The Bertz CT molecular complexity index is 1170. The van der Waals surface area contributed by atoms with E-state index in [9.17, 15) is 9.18 Å². The molecule has 1 aromatic heterocycles. The Kier molecular flexibility index (Phi) is 7.62. The van der Waals surface area contributed by atoms with Gasteiger partial charge in [0.2, 0.25) is 5.88 Å². The van der Waals surface area contributed by atoms with Crippen molar-refractivity contribution in [2.24, 2.45) is 0 Å². The fourth-order valence-corrected chi connectivity index (χ4v) is 4.77. The first-order valence-electron chi connectivity index (χ1n) is 11.8. The summed E-state index contributed by atoms with van der Waals surface area (Å²) in [6.07, 6.45) is 7.17. The van der Waals surface area contributed by atoms with Gasteiger partial charge in [-0.05, 0) is 57.2 Å². The molecule has 1 aliphatic carbocycles. The molecule has 3 heterocycles. The summed E-state index contributed by atoms with van der Waals surface area (Å²) in [5.41, 5.74) is 1.15. The van der Waals surface area contributed by atoms with Gasteiger partial charge in [-0.25, -0.2) is 19.2 Å².